The summed E-state index contributed by atoms with van der Waals surface area (Å²) in [5, 5.41) is 5.67. The number of aliphatic imine (C=N–C) groups is 1. The van der Waals surface area contributed by atoms with E-state index in [-0.39, 0.29) is 29.1 Å². The van der Waals surface area contributed by atoms with Gasteiger partial charge < -0.3 is 21.1 Å². The van der Waals surface area contributed by atoms with E-state index in [1.165, 1.54) is 19.4 Å². The molecule has 39 heavy (non-hydrogen) atoms. The molecule has 0 saturated heterocycles. The lowest BCUT2D eigenvalue weighted by Crippen LogP contribution is -2.51. The second-order valence-corrected chi connectivity index (χ2v) is 10.4. The fourth-order valence-electron chi connectivity index (χ4n) is 5.00. The average molecular weight is 537 g/mol. The molecule has 10 heteroatoms. The van der Waals surface area contributed by atoms with Crippen molar-refractivity contribution in [2.24, 2.45) is 28.5 Å². The molecular formula is C29H37FN6O3. The van der Waals surface area contributed by atoms with Crippen molar-refractivity contribution in [3.8, 4) is 16.9 Å². The minimum absolute atomic E-state index is 0.00445. The number of anilines is 1. The minimum atomic E-state index is -0.806. The Morgan fingerprint density at radius 3 is 2.44 bits per heavy atom. The van der Waals surface area contributed by atoms with Crippen molar-refractivity contribution in [1.82, 2.24) is 15.3 Å². The van der Waals surface area contributed by atoms with Crippen LogP contribution in [-0.2, 0) is 16.0 Å². The zero-order valence-corrected chi connectivity index (χ0v) is 22.9. The van der Waals surface area contributed by atoms with Crippen LogP contribution in [0.4, 0.5) is 10.2 Å². The molecule has 0 spiro atoms. The number of nitrogens with zero attached hydrogens (tertiary/aromatic N) is 3. The maximum absolute atomic E-state index is 15.3. The molecule has 2 saturated carbocycles. The smallest absolute Gasteiger partial charge is 0.270 e. The number of aryl methyl sites for hydroxylation is 1. The average Bonchev–Trinajstić information content (AvgIpc) is 3.83. The van der Waals surface area contributed by atoms with Crippen LogP contribution in [0.1, 0.15) is 52.1 Å². The molecule has 2 aromatic rings. The van der Waals surface area contributed by atoms with Crippen molar-refractivity contribution in [3.05, 3.63) is 48.3 Å². The van der Waals surface area contributed by atoms with Gasteiger partial charge in [-0.3, -0.25) is 19.6 Å². The first kappa shape index (κ1) is 28.2. The normalized spacial score (nSPS) is 16.5. The number of nitrogens with two attached hydrogens (primary N) is 1. The summed E-state index contributed by atoms with van der Waals surface area (Å²) in [6, 6.07) is 3.91. The Hall–Kier alpha value is -3.82. The van der Waals surface area contributed by atoms with Gasteiger partial charge in [0, 0.05) is 22.9 Å². The molecule has 2 amide bonds. The highest BCUT2D eigenvalue weighted by Crippen LogP contribution is 2.50. The molecule has 2 fully saturated rings. The molecule has 2 heterocycles. The summed E-state index contributed by atoms with van der Waals surface area (Å²) in [7, 11) is 1.52. The maximum Gasteiger partial charge on any atom is 0.270 e. The van der Waals surface area contributed by atoms with Crippen molar-refractivity contribution >= 4 is 23.3 Å². The van der Waals surface area contributed by atoms with Gasteiger partial charge in [0.05, 0.1) is 13.3 Å². The topological polar surface area (TPSA) is 132 Å². The van der Waals surface area contributed by atoms with Crippen LogP contribution in [0.25, 0.3) is 11.1 Å². The first-order chi connectivity index (χ1) is 18.7. The highest BCUT2D eigenvalue weighted by Gasteiger charge is 2.48. The second kappa shape index (κ2) is 12.4. The number of aromatic nitrogens is 2. The van der Waals surface area contributed by atoms with E-state index in [1.807, 2.05) is 20.8 Å². The Morgan fingerprint density at radius 2 is 1.90 bits per heavy atom. The summed E-state index contributed by atoms with van der Waals surface area (Å²) in [6.45, 7) is 5.64. The third-order valence-corrected chi connectivity index (χ3v) is 7.08. The molecule has 0 aliphatic heterocycles. The number of ether oxygens (including phenoxy) is 1. The van der Waals surface area contributed by atoms with E-state index in [0.717, 1.165) is 25.7 Å². The van der Waals surface area contributed by atoms with E-state index in [0.29, 0.717) is 35.3 Å². The van der Waals surface area contributed by atoms with Crippen molar-refractivity contribution < 1.29 is 18.7 Å². The van der Waals surface area contributed by atoms with Crippen LogP contribution in [0.3, 0.4) is 0 Å². The van der Waals surface area contributed by atoms with Crippen molar-refractivity contribution in [1.29, 1.82) is 0 Å². The first-order valence-corrected chi connectivity index (χ1v) is 13.5. The molecule has 4 rings (SSSR count). The number of pyridine rings is 2. The number of hydrogen-bond acceptors (Lipinski definition) is 7. The van der Waals surface area contributed by atoms with E-state index in [4.69, 9.17) is 10.5 Å². The molecular weight excluding hydrogens is 499 g/mol. The third kappa shape index (κ3) is 6.99. The first-order valence-electron chi connectivity index (χ1n) is 13.5. The predicted octanol–water partition coefficient (Wildman–Crippen LogP) is 4.04. The van der Waals surface area contributed by atoms with Gasteiger partial charge in [-0.05, 0) is 94.2 Å². The molecule has 1 atom stereocenters. The van der Waals surface area contributed by atoms with Gasteiger partial charge in [0.2, 0.25) is 11.9 Å². The number of rotatable bonds is 12. The summed E-state index contributed by atoms with van der Waals surface area (Å²) >= 11 is 0. The molecule has 9 nitrogen and oxygen atoms in total. The summed E-state index contributed by atoms with van der Waals surface area (Å²) in [6.07, 6.45) is 8.96. The molecule has 2 aliphatic carbocycles. The van der Waals surface area contributed by atoms with E-state index >= 15 is 4.39 Å². The van der Waals surface area contributed by atoms with E-state index in [2.05, 4.69) is 25.6 Å². The van der Waals surface area contributed by atoms with Crippen molar-refractivity contribution in [3.63, 3.8) is 0 Å². The fraction of sp³-hybridized carbons (Fsp3) is 0.483. The summed E-state index contributed by atoms with van der Waals surface area (Å²) in [4.78, 5) is 39.5. The largest absolute Gasteiger partial charge is 0.495 e. The number of nitrogens with one attached hydrogen (secondary N) is 2. The maximum atomic E-state index is 15.3. The quantitative estimate of drug-likeness (QED) is 0.277. The number of halogens is 1. The lowest BCUT2D eigenvalue weighted by Gasteiger charge is -2.27. The number of carbonyl (C=O) groups excluding carboxylic acids is 2. The highest BCUT2D eigenvalue weighted by atomic mass is 19.1. The highest BCUT2D eigenvalue weighted by molar-refractivity contribution is 6.43. The molecule has 2 aromatic heterocycles. The Morgan fingerprint density at radius 1 is 1.21 bits per heavy atom. The van der Waals surface area contributed by atoms with Crippen LogP contribution in [0.5, 0.6) is 5.75 Å². The second-order valence-electron chi connectivity index (χ2n) is 10.4. The van der Waals surface area contributed by atoms with Crippen LogP contribution in [-0.4, -0.2) is 46.7 Å². The van der Waals surface area contributed by atoms with Gasteiger partial charge in [0.1, 0.15) is 23.3 Å². The molecule has 0 aromatic carbocycles. The zero-order valence-electron chi connectivity index (χ0n) is 22.9. The summed E-state index contributed by atoms with van der Waals surface area (Å²) in [5.74, 6) is -0.331. The molecule has 2 aliphatic rings. The van der Waals surface area contributed by atoms with Crippen LogP contribution >= 0.6 is 0 Å². The number of hydrogen-bond donors (Lipinski definition) is 3. The number of carbonyl (C=O) groups is 2. The van der Waals surface area contributed by atoms with Gasteiger partial charge >= 0.3 is 0 Å². The zero-order chi connectivity index (χ0) is 28.1. The van der Waals surface area contributed by atoms with Crippen LogP contribution in [0.15, 0.2) is 41.7 Å². The Kier molecular flexibility index (Phi) is 8.93. The van der Waals surface area contributed by atoms with Crippen LogP contribution < -0.4 is 21.1 Å². The van der Waals surface area contributed by atoms with Gasteiger partial charge in [-0.15, -0.1) is 0 Å². The molecule has 1 unspecified atom stereocenters. The van der Waals surface area contributed by atoms with Gasteiger partial charge in [-0.2, -0.15) is 4.39 Å². The Labute approximate surface area is 228 Å². The van der Waals surface area contributed by atoms with Crippen LogP contribution in [0.2, 0.25) is 0 Å². The van der Waals surface area contributed by atoms with Gasteiger partial charge in [0.25, 0.3) is 5.91 Å². The van der Waals surface area contributed by atoms with Gasteiger partial charge in [-0.25, -0.2) is 4.98 Å². The lowest BCUT2D eigenvalue weighted by atomic mass is 9.88. The van der Waals surface area contributed by atoms with E-state index in [1.54, 1.807) is 24.4 Å². The third-order valence-electron chi connectivity index (χ3n) is 7.08. The summed E-state index contributed by atoms with van der Waals surface area (Å²) in [5.41, 5.74) is 7.24. The van der Waals surface area contributed by atoms with Crippen LogP contribution in [0, 0.1) is 23.7 Å². The monoisotopic (exact) mass is 536 g/mol. The Bertz CT molecular complexity index is 1260. The summed E-state index contributed by atoms with van der Waals surface area (Å²) < 4.78 is 20.5. The van der Waals surface area contributed by atoms with E-state index in [9.17, 15) is 9.59 Å². The molecule has 0 radical (unpaired) electrons. The molecule has 208 valence electrons. The van der Waals surface area contributed by atoms with Gasteiger partial charge in [-0.1, -0.05) is 6.92 Å². The lowest BCUT2D eigenvalue weighted by molar-refractivity contribution is -0.124. The van der Waals surface area contributed by atoms with Crippen molar-refractivity contribution in [2.75, 3.05) is 12.4 Å². The van der Waals surface area contributed by atoms with Crippen molar-refractivity contribution in [2.45, 2.75) is 65.0 Å². The molecule has 4 N–H and O–H groups in total. The Balaban J connectivity index is 1.59. The van der Waals surface area contributed by atoms with E-state index < -0.39 is 23.8 Å². The number of amides is 2. The standard InChI is InChI=1S/C29H37FN6O3/c1-5-22-21(14-19(39-4)15-32-22)20-10-11-24(34-27(20)30)35-29(38)26(25(17-6-7-17)18-8-9-18)36-28(37)23(12-13-31)33-16(2)3/h10-18,25-26H,5-9,31H2,1-4H3,(H,36,37)(H,34,35,38). The number of methoxy groups -OCH3 is 1. The van der Waals surface area contributed by atoms with Gasteiger partial charge in [0.15, 0.2) is 0 Å². The molecule has 0 bridgehead atoms. The minimum Gasteiger partial charge on any atom is -0.495 e. The fourth-order valence-corrected chi connectivity index (χ4v) is 5.00. The SMILES string of the molecule is CCc1ncc(OC)cc1-c1ccc(NC(=O)C(NC(=O)C(C=CN)=NC(C)C)C(C2CC2)C2CC2)nc1F. The predicted molar refractivity (Wildman–Crippen MR) is 149 cm³/mol.